The molecule has 1 aromatic carbocycles. The number of amides is 1. The zero-order valence-electron chi connectivity index (χ0n) is 12.5. The molecule has 0 saturated heterocycles. The number of hydrogen-bond acceptors (Lipinski definition) is 3. The summed E-state index contributed by atoms with van der Waals surface area (Å²) in [5, 5.41) is 12.4. The van der Waals surface area contributed by atoms with Crippen molar-refractivity contribution in [2.75, 3.05) is 6.54 Å². The molecule has 0 unspecified atom stereocenters. The highest BCUT2D eigenvalue weighted by Gasteiger charge is 2.15. The van der Waals surface area contributed by atoms with Gasteiger partial charge in [-0.05, 0) is 44.5 Å². The van der Waals surface area contributed by atoms with Crippen molar-refractivity contribution in [1.82, 2.24) is 5.32 Å². The molecule has 4 nitrogen and oxygen atoms in total. The minimum atomic E-state index is -0.505. The Bertz CT molecular complexity index is 553. The fourth-order valence-corrected chi connectivity index (χ4v) is 1.71. The van der Waals surface area contributed by atoms with Gasteiger partial charge < -0.3 is 15.2 Å². The smallest absolute Gasteiger partial charge is 0.407 e. The van der Waals surface area contributed by atoms with Crippen molar-refractivity contribution < 1.29 is 14.6 Å². The molecule has 0 saturated carbocycles. The minimum absolute atomic E-state index is 0.110. The third-order valence-corrected chi connectivity index (χ3v) is 2.61. The lowest BCUT2D eigenvalue weighted by Gasteiger charge is -2.19. The molecule has 0 bridgehead atoms. The number of halogens is 1. The number of alkyl carbamates (subject to hydrolysis) is 1. The van der Waals surface area contributed by atoms with E-state index in [-0.39, 0.29) is 6.61 Å². The van der Waals surface area contributed by atoms with Crippen LogP contribution in [-0.4, -0.2) is 23.3 Å². The molecule has 1 aromatic rings. The number of hydrogen-bond donors (Lipinski definition) is 2. The van der Waals surface area contributed by atoms with E-state index >= 15 is 0 Å². The lowest BCUT2D eigenvalue weighted by molar-refractivity contribution is 0.0529. The molecule has 0 atom stereocenters. The van der Waals surface area contributed by atoms with Gasteiger partial charge >= 0.3 is 6.09 Å². The summed E-state index contributed by atoms with van der Waals surface area (Å²) in [6.45, 7) is 5.72. The molecule has 0 radical (unpaired) electrons. The maximum absolute atomic E-state index is 11.4. The van der Waals surface area contributed by atoms with Crippen molar-refractivity contribution in [3.63, 3.8) is 0 Å². The Kier molecular flexibility index (Phi) is 6.54. The molecule has 114 valence electrons. The van der Waals surface area contributed by atoms with E-state index < -0.39 is 11.7 Å². The Morgan fingerprint density at radius 3 is 2.76 bits per heavy atom. The van der Waals surface area contributed by atoms with Crippen molar-refractivity contribution in [3.8, 4) is 11.8 Å². The van der Waals surface area contributed by atoms with Gasteiger partial charge in [0.1, 0.15) is 5.60 Å². The summed E-state index contributed by atoms with van der Waals surface area (Å²) in [6.07, 6.45) is 0.0408. The van der Waals surface area contributed by atoms with E-state index in [1.807, 2.05) is 20.8 Å². The first kappa shape index (κ1) is 17.4. The van der Waals surface area contributed by atoms with Gasteiger partial charge in [-0.15, -0.1) is 0 Å². The first-order valence-electron chi connectivity index (χ1n) is 6.67. The van der Waals surface area contributed by atoms with Crippen LogP contribution in [-0.2, 0) is 11.3 Å². The summed E-state index contributed by atoms with van der Waals surface area (Å²) in [6, 6.07) is 5.18. The average Bonchev–Trinajstić information content (AvgIpc) is 2.37. The number of ether oxygens (including phenoxy) is 1. The third kappa shape index (κ3) is 7.03. The second kappa shape index (κ2) is 7.92. The lowest BCUT2D eigenvalue weighted by Crippen LogP contribution is -2.32. The molecule has 0 aromatic heterocycles. The van der Waals surface area contributed by atoms with E-state index in [0.717, 1.165) is 5.56 Å². The summed E-state index contributed by atoms with van der Waals surface area (Å²) in [7, 11) is 0. The summed E-state index contributed by atoms with van der Waals surface area (Å²) < 4.78 is 5.11. The topological polar surface area (TPSA) is 58.6 Å². The third-order valence-electron chi connectivity index (χ3n) is 2.38. The first-order valence-corrected chi connectivity index (χ1v) is 7.04. The van der Waals surface area contributed by atoms with Gasteiger partial charge in [0.2, 0.25) is 0 Å². The van der Waals surface area contributed by atoms with Crippen LogP contribution in [0.2, 0.25) is 5.02 Å². The molecule has 21 heavy (non-hydrogen) atoms. The zero-order valence-corrected chi connectivity index (χ0v) is 13.3. The molecule has 1 rings (SSSR count). The molecule has 1 amide bonds. The molecule has 0 aliphatic carbocycles. The monoisotopic (exact) mass is 309 g/mol. The number of aliphatic hydroxyl groups is 1. The van der Waals surface area contributed by atoms with Gasteiger partial charge in [-0.25, -0.2) is 4.79 Å². The molecular weight excluding hydrogens is 290 g/mol. The number of carbonyl (C=O) groups excluding carboxylic acids is 1. The average molecular weight is 310 g/mol. The number of benzene rings is 1. The Morgan fingerprint density at radius 2 is 2.14 bits per heavy atom. The van der Waals surface area contributed by atoms with Crippen LogP contribution in [0.25, 0.3) is 0 Å². The summed E-state index contributed by atoms with van der Waals surface area (Å²) >= 11 is 5.85. The van der Waals surface area contributed by atoms with Crippen LogP contribution >= 0.6 is 11.6 Å². The van der Waals surface area contributed by atoms with Crippen LogP contribution in [0, 0.1) is 11.8 Å². The van der Waals surface area contributed by atoms with Gasteiger partial charge in [-0.2, -0.15) is 0 Å². The predicted molar refractivity (Wildman–Crippen MR) is 83.1 cm³/mol. The van der Waals surface area contributed by atoms with Crippen molar-refractivity contribution in [2.24, 2.45) is 0 Å². The highest BCUT2D eigenvalue weighted by molar-refractivity contribution is 6.30. The maximum Gasteiger partial charge on any atom is 0.407 e. The minimum Gasteiger partial charge on any atom is -0.444 e. The Balaban J connectivity index is 2.45. The van der Waals surface area contributed by atoms with E-state index in [0.29, 0.717) is 23.6 Å². The Labute approximate surface area is 130 Å². The number of nitrogens with one attached hydrogen (secondary N) is 1. The van der Waals surface area contributed by atoms with E-state index in [1.54, 1.807) is 18.2 Å². The highest BCUT2D eigenvalue weighted by Crippen LogP contribution is 2.15. The molecular formula is C16H20ClNO3. The second-order valence-corrected chi connectivity index (χ2v) is 5.88. The van der Waals surface area contributed by atoms with E-state index in [9.17, 15) is 9.90 Å². The van der Waals surface area contributed by atoms with Crippen molar-refractivity contribution in [1.29, 1.82) is 0 Å². The van der Waals surface area contributed by atoms with E-state index in [1.165, 1.54) is 0 Å². The van der Waals surface area contributed by atoms with Gasteiger partial charge in [0.05, 0.1) is 6.61 Å². The first-order chi connectivity index (χ1) is 9.81. The van der Waals surface area contributed by atoms with Crippen LogP contribution in [0.4, 0.5) is 4.79 Å². The van der Waals surface area contributed by atoms with E-state index in [4.69, 9.17) is 16.3 Å². The molecule has 0 fully saturated rings. The number of aliphatic hydroxyl groups excluding tert-OH is 1. The van der Waals surface area contributed by atoms with Crippen molar-refractivity contribution >= 4 is 17.7 Å². The SMILES string of the molecule is CC(C)(C)OC(=O)NCCC#Cc1ccc(Cl)cc1CO. The quantitative estimate of drug-likeness (QED) is 0.666. The maximum atomic E-state index is 11.4. The molecule has 0 spiro atoms. The Hall–Kier alpha value is -1.70. The van der Waals surface area contributed by atoms with Crippen LogP contribution in [0.1, 0.15) is 38.3 Å². The number of carbonyl (C=O) groups is 1. The van der Waals surface area contributed by atoms with Crippen molar-refractivity contribution in [3.05, 3.63) is 34.3 Å². The summed E-state index contributed by atoms with van der Waals surface area (Å²) in [5.41, 5.74) is 0.920. The van der Waals surface area contributed by atoms with Crippen LogP contribution in [0.3, 0.4) is 0 Å². The molecule has 0 aliphatic heterocycles. The zero-order chi connectivity index (χ0) is 15.9. The summed E-state index contributed by atoms with van der Waals surface area (Å²) in [5.74, 6) is 5.89. The normalized spacial score (nSPS) is 10.5. The standard InChI is InChI=1S/C16H20ClNO3/c1-16(2,3)21-15(20)18-9-5-4-6-12-7-8-14(17)10-13(12)11-19/h7-8,10,19H,5,9,11H2,1-3H3,(H,18,20). The molecule has 2 N–H and O–H groups in total. The summed E-state index contributed by atoms with van der Waals surface area (Å²) in [4.78, 5) is 11.4. The van der Waals surface area contributed by atoms with E-state index in [2.05, 4.69) is 17.2 Å². The van der Waals surface area contributed by atoms with Gasteiger partial charge in [-0.3, -0.25) is 0 Å². The van der Waals surface area contributed by atoms with Gasteiger partial charge in [0, 0.05) is 23.6 Å². The fraction of sp³-hybridized carbons (Fsp3) is 0.438. The van der Waals surface area contributed by atoms with Gasteiger partial charge in [0.25, 0.3) is 0 Å². The van der Waals surface area contributed by atoms with Crippen LogP contribution in [0.5, 0.6) is 0 Å². The lowest BCUT2D eigenvalue weighted by atomic mass is 10.1. The Morgan fingerprint density at radius 1 is 1.43 bits per heavy atom. The van der Waals surface area contributed by atoms with Gasteiger partial charge in [0.15, 0.2) is 0 Å². The fourth-order valence-electron chi connectivity index (χ4n) is 1.51. The molecule has 0 aliphatic rings. The second-order valence-electron chi connectivity index (χ2n) is 5.44. The molecule has 5 heteroatoms. The predicted octanol–water partition coefficient (Wildman–Crippen LogP) is 3.10. The van der Waals surface area contributed by atoms with Crippen molar-refractivity contribution in [2.45, 2.75) is 39.4 Å². The molecule has 0 heterocycles. The largest absolute Gasteiger partial charge is 0.444 e. The van der Waals surface area contributed by atoms with Crippen LogP contribution < -0.4 is 5.32 Å². The highest BCUT2D eigenvalue weighted by atomic mass is 35.5. The number of rotatable bonds is 3. The van der Waals surface area contributed by atoms with Gasteiger partial charge in [-0.1, -0.05) is 23.4 Å². The van der Waals surface area contributed by atoms with Crippen LogP contribution in [0.15, 0.2) is 18.2 Å².